The molecule has 1 aromatic heterocycles. The van der Waals surface area contributed by atoms with Crippen molar-refractivity contribution in [3.05, 3.63) is 36.0 Å². The average Bonchev–Trinajstić information content (AvgIpc) is 2.99. The Labute approximate surface area is 144 Å². The Morgan fingerprint density at radius 2 is 1.88 bits per heavy atom. The number of aliphatic carboxylic acids is 2. The molecule has 0 aliphatic heterocycles. The van der Waals surface area contributed by atoms with Gasteiger partial charge in [0, 0.05) is 30.1 Å². The van der Waals surface area contributed by atoms with Gasteiger partial charge in [0.05, 0.1) is 5.92 Å². The van der Waals surface area contributed by atoms with E-state index in [1.54, 1.807) is 6.20 Å². The summed E-state index contributed by atoms with van der Waals surface area (Å²) in [5.41, 5.74) is 7.13. The molecule has 1 unspecified atom stereocenters. The van der Waals surface area contributed by atoms with E-state index in [4.69, 9.17) is 10.8 Å². The minimum Gasteiger partial charge on any atom is -0.481 e. The van der Waals surface area contributed by atoms with Crippen molar-refractivity contribution in [3.63, 3.8) is 0 Å². The number of carbonyl (C=O) groups is 3. The molecule has 0 fully saturated rings. The lowest BCUT2D eigenvalue weighted by Gasteiger charge is -2.13. The summed E-state index contributed by atoms with van der Waals surface area (Å²) < 4.78 is 0. The van der Waals surface area contributed by atoms with E-state index < -0.39 is 29.8 Å². The highest BCUT2D eigenvalue weighted by Crippen LogP contribution is 2.20. The second-order valence-corrected chi connectivity index (χ2v) is 5.89. The van der Waals surface area contributed by atoms with Gasteiger partial charge in [-0.05, 0) is 24.5 Å². The van der Waals surface area contributed by atoms with E-state index in [1.807, 2.05) is 24.3 Å². The number of nitrogens with one attached hydrogen (secondary N) is 2. The molecule has 134 valence electrons. The topological polar surface area (TPSA) is 146 Å². The molecular formula is C17H21N3O5. The molecule has 0 radical (unpaired) electrons. The van der Waals surface area contributed by atoms with Crippen LogP contribution in [0.2, 0.25) is 0 Å². The Balaban J connectivity index is 1.92. The lowest BCUT2D eigenvalue weighted by molar-refractivity contribution is -0.141. The number of H-pyrrole nitrogens is 1. The molecule has 0 saturated carbocycles. The highest BCUT2D eigenvalue weighted by atomic mass is 16.4. The molecule has 25 heavy (non-hydrogen) atoms. The van der Waals surface area contributed by atoms with Gasteiger partial charge in [0.15, 0.2) is 0 Å². The molecule has 6 N–H and O–H groups in total. The van der Waals surface area contributed by atoms with Gasteiger partial charge in [-0.15, -0.1) is 0 Å². The number of hydrogen-bond acceptors (Lipinski definition) is 4. The Bertz CT molecular complexity index is 770. The van der Waals surface area contributed by atoms with Crippen LogP contribution in [0, 0.1) is 5.92 Å². The maximum atomic E-state index is 11.8. The molecular weight excluding hydrogens is 326 g/mol. The van der Waals surface area contributed by atoms with Gasteiger partial charge in [0.2, 0.25) is 5.91 Å². The van der Waals surface area contributed by atoms with Gasteiger partial charge >= 0.3 is 11.9 Å². The Morgan fingerprint density at radius 1 is 1.16 bits per heavy atom. The summed E-state index contributed by atoms with van der Waals surface area (Å²) in [6.45, 7) is -0.0318. The Morgan fingerprint density at radius 3 is 2.56 bits per heavy atom. The molecule has 0 spiro atoms. The number of aromatic amines is 1. The van der Waals surface area contributed by atoms with Gasteiger partial charge in [0.25, 0.3) is 0 Å². The average molecular weight is 347 g/mol. The molecule has 1 amide bonds. The van der Waals surface area contributed by atoms with Gasteiger partial charge in [-0.25, -0.2) is 0 Å². The van der Waals surface area contributed by atoms with Crippen molar-refractivity contribution in [1.82, 2.24) is 10.3 Å². The summed E-state index contributed by atoms with van der Waals surface area (Å²) in [6.07, 6.45) is 1.98. The quantitative estimate of drug-likeness (QED) is 0.452. The third-order valence-electron chi connectivity index (χ3n) is 4.04. The van der Waals surface area contributed by atoms with E-state index in [0.717, 1.165) is 16.5 Å². The Kier molecular flexibility index (Phi) is 6.13. The van der Waals surface area contributed by atoms with Crippen LogP contribution in [0.25, 0.3) is 10.9 Å². The van der Waals surface area contributed by atoms with Crippen molar-refractivity contribution >= 4 is 28.7 Å². The maximum Gasteiger partial charge on any atom is 0.320 e. The zero-order chi connectivity index (χ0) is 18.4. The zero-order valence-electron chi connectivity index (χ0n) is 13.6. The van der Waals surface area contributed by atoms with Crippen LogP contribution in [0.5, 0.6) is 0 Å². The number of benzene rings is 1. The molecule has 2 atom stereocenters. The van der Waals surface area contributed by atoms with Crippen LogP contribution in [0.1, 0.15) is 18.4 Å². The summed E-state index contributed by atoms with van der Waals surface area (Å²) in [5.74, 6) is -3.37. The van der Waals surface area contributed by atoms with E-state index in [-0.39, 0.29) is 25.8 Å². The van der Waals surface area contributed by atoms with Gasteiger partial charge in [-0.1, -0.05) is 18.2 Å². The molecule has 8 heteroatoms. The molecule has 0 aliphatic carbocycles. The third-order valence-corrected chi connectivity index (χ3v) is 4.04. The number of carboxylic acid groups (broad SMARTS) is 2. The summed E-state index contributed by atoms with van der Waals surface area (Å²) >= 11 is 0. The number of carboxylic acids is 2. The van der Waals surface area contributed by atoms with Crippen LogP contribution in [0.15, 0.2) is 30.5 Å². The minimum absolute atomic E-state index is 0.00134. The number of para-hydroxylation sites is 1. The molecule has 1 aromatic carbocycles. The van der Waals surface area contributed by atoms with Crippen LogP contribution in [-0.2, 0) is 20.8 Å². The minimum atomic E-state index is -1.17. The highest BCUT2D eigenvalue weighted by Gasteiger charge is 2.21. The van der Waals surface area contributed by atoms with Crippen molar-refractivity contribution in [2.75, 3.05) is 6.54 Å². The summed E-state index contributed by atoms with van der Waals surface area (Å²) in [4.78, 5) is 36.9. The zero-order valence-corrected chi connectivity index (χ0v) is 13.6. The first-order chi connectivity index (χ1) is 11.9. The number of aromatic nitrogens is 1. The summed E-state index contributed by atoms with van der Waals surface area (Å²) in [5, 5.41) is 21.6. The highest BCUT2D eigenvalue weighted by molar-refractivity contribution is 5.84. The van der Waals surface area contributed by atoms with E-state index in [9.17, 15) is 19.5 Å². The van der Waals surface area contributed by atoms with E-state index in [0.29, 0.717) is 0 Å². The molecule has 0 aliphatic rings. The van der Waals surface area contributed by atoms with Crippen LogP contribution < -0.4 is 11.1 Å². The van der Waals surface area contributed by atoms with Crippen molar-refractivity contribution in [1.29, 1.82) is 0 Å². The predicted octanol–water partition coefficient (Wildman–Crippen LogP) is 0.719. The number of rotatable bonds is 9. The van der Waals surface area contributed by atoms with Crippen molar-refractivity contribution in [3.8, 4) is 0 Å². The predicted molar refractivity (Wildman–Crippen MR) is 91.0 cm³/mol. The molecule has 0 bridgehead atoms. The van der Waals surface area contributed by atoms with Gasteiger partial charge < -0.3 is 26.2 Å². The molecule has 0 saturated heterocycles. The Hall–Kier alpha value is -2.87. The fourth-order valence-corrected chi connectivity index (χ4v) is 2.55. The van der Waals surface area contributed by atoms with Gasteiger partial charge in [-0.2, -0.15) is 0 Å². The second kappa shape index (κ2) is 8.29. The molecule has 2 aromatic rings. The monoisotopic (exact) mass is 347 g/mol. The first kappa shape index (κ1) is 18.5. The van der Waals surface area contributed by atoms with E-state index >= 15 is 0 Å². The van der Waals surface area contributed by atoms with E-state index in [1.165, 1.54) is 0 Å². The number of fused-ring (bicyclic) bond motifs is 1. The van der Waals surface area contributed by atoms with Crippen molar-refractivity contribution in [2.24, 2.45) is 11.7 Å². The summed E-state index contributed by atoms with van der Waals surface area (Å²) in [7, 11) is 0. The lowest BCUT2D eigenvalue weighted by Crippen LogP contribution is -2.36. The normalized spacial score (nSPS) is 13.3. The second-order valence-electron chi connectivity index (χ2n) is 5.89. The first-order valence-corrected chi connectivity index (χ1v) is 7.91. The SMILES string of the molecule is N[C@H](CCC(=O)NCC(Cc1c[nH]c2ccccc12)C(=O)O)C(=O)O. The van der Waals surface area contributed by atoms with Gasteiger partial charge in [-0.3, -0.25) is 14.4 Å². The largest absolute Gasteiger partial charge is 0.481 e. The van der Waals surface area contributed by atoms with Gasteiger partial charge in [0.1, 0.15) is 6.04 Å². The number of carbonyl (C=O) groups excluding carboxylic acids is 1. The van der Waals surface area contributed by atoms with Crippen LogP contribution >= 0.6 is 0 Å². The number of hydrogen-bond donors (Lipinski definition) is 5. The molecule has 1 heterocycles. The molecule has 2 rings (SSSR count). The number of amides is 1. The van der Waals surface area contributed by atoms with E-state index in [2.05, 4.69) is 10.3 Å². The van der Waals surface area contributed by atoms with Crippen molar-refractivity contribution < 1.29 is 24.6 Å². The van der Waals surface area contributed by atoms with Crippen LogP contribution in [-0.4, -0.2) is 45.6 Å². The van der Waals surface area contributed by atoms with Crippen LogP contribution in [0.3, 0.4) is 0 Å². The summed E-state index contributed by atoms with van der Waals surface area (Å²) in [6, 6.07) is 6.48. The fourth-order valence-electron chi connectivity index (χ4n) is 2.55. The van der Waals surface area contributed by atoms with Crippen molar-refractivity contribution in [2.45, 2.75) is 25.3 Å². The number of nitrogens with two attached hydrogens (primary N) is 1. The molecule has 8 nitrogen and oxygen atoms in total. The lowest BCUT2D eigenvalue weighted by atomic mass is 9.99. The standard InChI is InChI=1S/C17H21N3O5/c18-13(17(24)25)5-6-15(21)20-9-11(16(22)23)7-10-8-19-14-4-2-1-3-12(10)14/h1-4,8,11,13,19H,5-7,9,18H2,(H,20,21)(H,22,23)(H,24,25)/t11?,13-/m1/s1. The first-order valence-electron chi connectivity index (χ1n) is 7.91. The smallest absolute Gasteiger partial charge is 0.320 e. The fraction of sp³-hybridized carbons (Fsp3) is 0.353. The third kappa shape index (κ3) is 5.05. The van der Waals surface area contributed by atoms with Crippen LogP contribution in [0.4, 0.5) is 0 Å². The maximum absolute atomic E-state index is 11.8.